The number of benzene rings is 1. The molecule has 128 valence electrons. The minimum Gasteiger partial charge on any atom is -0.478 e. The van der Waals surface area contributed by atoms with E-state index in [4.69, 9.17) is 9.47 Å². The maximum absolute atomic E-state index is 12.8. The molecule has 2 rings (SSSR count). The number of carbonyl (C=O) groups excluding carboxylic acids is 1. The Labute approximate surface area is 133 Å². The quantitative estimate of drug-likeness (QED) is 0.740. The molecule has 1 aromatic carbocycles. The van der Waals surface area contributed by atoms with E-state index in [-0.39, 0.29) is 18.3 Å². The molecule has 1 aliphatic carbocycles. The Morgan fingerprint density at radius 3 is 2.57 bits per heavy atom. The predicted molar refractivity (Wildman–Crippen MR) is 79.1 cm³/mol. The SMILES string of the molecule is CCOC(=O)C(Oc1cccc(C(F)(F)F)c1)C1CCCCC1. The first-order valence-corrected chi connectivity index (χ1v) is 7.92. The van der Waals surface area contributed by atoms with E-state index in [1.54, 1.807) is 6.92 Å². The zero-order chi connectivity index (χ0) is 16.9. The van der Waals surface area contributed by atoms with E-state index in [2.05, 4.69) is 0 Å². The Morgan fingerprint density at radius 2 is 1.96 bits per heavy atom. The van der Waals surface area contributed by atoms with Crippen molar-refractivity contribution in [2.75, 3.05) is 6.61 Å². The van der Waals surface area contributed by atoms with E-state index < -0.39 is 23.8 Å². The normalized spacial score (nSPS) is 17.6. The average molecular weight is 330 g/mol. The molecule has 1 aromatic rings. The van der Waals surface area contributed by atoms with Crippen LogP contribution in [0.15, 0.2) is 24.3 Å². The number of ether oxygens (including phenoxy) is 2. The maximum Gasteiger partial charge on any atom is 0.416 e. The summed E-state index contributed by atoms with van der Waals surface area (Å²) >= 11 is 0. The molecule has 6 heteroatoms. The molecule has 0 amide bonds. The second kappa shape index (κ2) is 7.70. The van der Waals surface area contributed by atoms with Crippen molar-refractivity contribution >= 4 is 5.97 Å². The van der Waals surface area contributed by atoms with Gasteiger partial charge in [0.05, 0.1) is 12.2 Å². The fourth-order valence-corrected chi connectivity index (χ4v) is 2.89. The maximum atomic E-state index is 12.8. The lowest BCUT2D eigenvalue weighted by Gasteiger charge is -2.29. The molecule has 1 aliphatic rings. The Kier molecular flexibility index (Phi) is 5.91. The third-order valence-electron chi connectivity index (χ3n) is 4.02. The van der Waals surface area contributed by atoms with E-state index in [0.29, 0.717) is 0 Å². The first-order chi connectivity index (χ1) is 10.9. The van der Waals surface area contributed by atoms with Crippen LogP contribution in [0.25, 0.3) is 0 Å². The Balaban J connectivity index is 2.18. The average Bonchev–Trinajstić information content (AvgIpc) is 2.53. The summed E-state index contributed by atoms with van der Waals surface area (Å²) in [6.07, 6.45) is -0.554. The highest BCUT2D eigenvalue weighted by atomic mass is 19.4. The molecule has 0 heterocycles. The summed E-state index contributed by atoms with van der Waals surface area (Å²) in [7, 11) is 0. The molecule has 1 fully saturated rings. The van der Waals surface area contributed by atoms with E-state index in [0.717, 1.165) is 44.2 Å². The van der Waals surface area contributed by atoms with Gasteiger partial charge in [0.1, 0.15) is 5.75 Å². The monoisotopic (exact) mass is 330 g/mol. The molecule has 3 nitrogen and oxygen atoms in total. The summed E-state index contributed by atoms with van der Waals surface area (Å²) in [5.74, 6) is -0.474. The van der Waals surface area contributed by atoms with Crippen LogP contribution < -0.4 is 4.74 Å². The zero-order valence-electron chi connectivity index (χ0n) is 13.1. The van der Waals surface area contributed by atoms with Crippen molar-refractivity contribution in [1.29, 1.82) is 0 Å². The highest BCUT2D eigenvalue weighted by Gasteiger charge is 2.34. The number of rotatable bonds is 5. The molecule has 23 heavy (non-hydrogen) atoms. The van der Waals surface area contributed by atoms with E-state index in [1.807, 2.05) is 0 Å². The minimum absolute atomic E-state index is 0.0163. The van der Waals surface area contributed by atoms with Gasteiger partial charge in [0.2, 0.25) is 0 Å². The highest BCUT2D eigenvalue weighted by Crippen LogP contribution is 2.33. The van der Waals surface area contributed by atoms with Crippen LogP contribution in [0.2, 0.25) is 0 Å². The smallest absolute Gasteiger partial charge is 0.416 e. The lowest BCUT2D eigenvalue weighted by molar-refractivity contribution is -0.154. The molecule has 0 bridgehead atoms. The van der Waals surface area contributed by atoms with Crippen molar-refractivity contribution in [2.24, 2.45) is 5.92 Å². The van der Waals surface area contributed by atoms with E-state index >= 15 is 0 Å². The van der Waals surface area contributed by atoms with Crippen molar-refractivity contribution in [1.82, 2.24) is 0 Å². The number of esters is 1. The lowest BCUT2D eigenvalue weighted by atomic mass is 9.85. The van der Waals surface area contributed by atoms with Crippen molar-refractivity contribution < 1.29 is 27.4 Å². The number of alkyl halides is 3. The summed E-state index contributed by atoms with van der Waals surface area (Å²) in [6.45, 7) is 1.91. The molecule has 0 saturated heterocycles. The Hall–Kier alpha value is -1.72. The van der Waals surface area contributed by atoms with Crippen LogP contribution in [0.3, 0.4) is 0 Å². The molecule has 1 atom stereocenters. The summed E-state index contributed by atoms with van der Waals surface area (Å²) in [6, 6.07) is 4.62. The van der Waals surface area contributed by atoms with Crippen molar-refractivity contribution in [2.45, 2.75) is 51.3 Å². The fourth-order valence-electron chi connectivity index (χ4n) is 2.89. The molecule has 1 unspecified atom stereocenters. The summed E-state index contributed by atoms with van der Waals surface area (Å²) in [5.41, 5.74) is -0.791. The zero-order valence-corrected chi connectivity index (χ0v) is 13.1. The van der Waals surface area contributed by atoms with Crippen LogP contribution in [-0.2, 0) is 15.7 Å². The van der Waals surface area contributed by atoms with Gasteiger partial charge in [-0.25, -0.2) is 4.79 Å². The van der Waals surface area contributed by atoms with Gasteiger partial charge < -0.3 is 9.47 Å². The third kappa shape index (κ3) is 4.88. The van der Waals surface area contributed by atoms with Crippen LogP contribution in [0.4, 0.5) is 13.2 Å². The van der Waals surface area contributed by atoms with Gasteiger partial charge in [0.15, 0.2) is 6.10 Å². The molecule has 0 aromatic heterocycles. The second-order valence-corrected chi connectivity index (χ2v) is 5.71. The number of hydrogen-bond donors (Lipinski definition) is 0. The van der Waals surface area contributed by atoms with Gasteiger partial charge in [-0.2, -0.15) is 13.2 Å². The number of hydrogen-bond acceptors (Lipinski definition) is 3. The van der Waals surface area contributed by atoms with Gasteiger partial charge in [0.25, 0.3) is 0 Å². The summed E-state index contributed by atoms with van der Waals surface area (Å²) < 4.78 is 49.0. The first-order valence-electron chi connectivity index (χ1n) is 7.92. The van der Waals surface area contributed by atoms with Gasteiger partial charge >= 0.3 is 12.1 Å². The van der Waals surface area contributed by atoms with Crippen LogP contribution in [-0.4, -0.2) is 18.7 Å². The predicted octanol–water partition coefficient (Wildman–Crippen LogP) is 4.60. The van der Waals surface area contributed by atoms with Crippen LogP contribution in [0, 0.1) is 5.92 Å². The molecular weight excluding hydrogens is 309 g/mol. The number of carbonyl (C=O) groups is 1. The van der Waals surface area contributed by atoms with Gasteiger partial charge in [-0.15, -0.1) is 0 Å². The molecule has 0 radical (unpaired) electrons. The van der Waals surface area contributed by atoms with Crippen molar-refractivity contribution in [3.05, 3.63) is 29.8 Å². The molecule has 0 N–H and O–H groups in total. The van der Waals surface area contributed by atoms with Gasteiger partial charge in [0, 0.05) is 5.92 Å². The molecule has 0 aliphatic heterocycles. The lowest BCUT2D eigenvalue weighted by Crippen LogP contribution is -2.37. The minimum atomic E-state index is -4.44. The van der Waals surface area contributed by atoms with Crippen LogP contribution >= 0.6 is 0 Å². The molecule has 0 spiro atoms. The Bertz CT molecular complexity index is 522. The largest absolute Gasteiger partial charge is 0.478 e. The third-order valence-corrected chi connectivity index (χ3v) is 4.02. The van der Waals surface area contributed by atoms with Crippen molar-refractivity contribution in [3.63, 3.8) is 0 Å². The van der Waals surface area contributed by atoms with Crippen LogP contribution in [0.5, 0.6) is 5.75 Å². The van der Waals surface area contributed by atoms with E-state index in [1.165, 1.54) is 12.1 Å². The first kappa shape index (κ1) is 17.6. The summed E-state index contributed by atoms with van der Waals surface area (Å²) in [5, 5.41) is 0. The van der Waals surface area contributed by atoms with Crippen LogP contribution in [0.1, 0.15) is 44.6 Å². The fraction of sp³-hybridized carbons (Fsp3) is 0.588. The summed E-state index contributed by atoms with van der Waals surface area (Å²) in [4.78, 5) is 12.2. The number of halogens is 3. The van der Waals surface area contributed by atoms with Gasteiger partial charge in [-0.3, -0.25) is 0 Å². The van der Waals surface area contributed by atoms with Crippen molar-refractivity contribution in [3.8, 4) is 5.75 Å². The van der Waals surface area contributed by atoms with E-state index in [9.17, 15) is 18.0 Å². The molecule has 1 saturated carbocycles. The second-order valence-electron chi connectivity index (χ2n) is 5.71. The standard InChI is InChI=1S/C17H21F3O3/c1-2-22-16(21)15(12-7-4-3-5-8-12)23-14-10-6-9-13(11-14)17(18,19)20/h6,9-12,15H,2-5,7-8H2,1H3. The van der Waals surface area contributed by atoms with Gasteiger partial charge in [-0.05, 0) is 38.0 Å². The molecular formula is C17H21F3O3. The topological polar surface area (TPSA) is 35.5 Å². The highest BCUT2D eigenvalue weighted by molar-refractivity contribution is 5.75. The Morgan fingerprint density at radius 1 is 1.26 bits per heavy atom. The van der Waals surface area contributed by atoms with Gasteiger partial charge in [-0.1, -0.05) is 25.3 Å².